The maximum Gasteiger partial charge on any atom is 0.269 e. The van der Waals surface area contributed by atoms with Gasteiger partial charge >= 0.3 is 0 Å². The molecule has 1 N–H and O–H groups in total. The van der Waals surface area contributed by atoms with Crippen molar-refractivity contribution in [1.29, 1.82) is 0 Å². The number of rotatable bonds is 6. The molecule has 0 aliphatic carbocycles. The fraction of sp³-hybridized carbons (Fsp3) is 0.190. The largest absolute Gasteiger partial charge is 0.496 e. The normalized spacial score (nSPS) is 15.5. The average molecular weight is 394 g/mol. The molecular weight excluding hydrogens is 375 g/mol. The van der Waals surface area contributed by atoms with Gasteiger partial charge < -0.3 is 14.9 Å². The molecule has 0 spiro atoms. The van der Waals surface area contributed by atoms with Gasteiger partial charge in [0.05, 0.1) is 19.4 Å². The zero-order valence-corrected chi connectivity index (χ0v) is 15.7. The van der Waals surface area contributed by atoms with Crippen LogP contribution in [0.2, 0.25) is 0 Å². The molecule has 3 aromatic rings. The molecule has 2 aromatic carbocycles. The quantitative estimate of drug-likeness (QED) is 0.696. The van der Waals surface area contributed by atoms with E-state index in [0.29, 0.717) is 30.2 Å². The summed E-state index contributed by atoms with van der Waals surface area (Å²) in [6.07, 6.45) is 1.34. The van der Waals surface area contributed by atoms with Crippen LogP contribution in [0.3, 0.4) is 0 Å². The van der Waals surface area contributed by atoms with E-state index in [-0.39, 0.29) is 11.7 Å². The summed E-state index contributed by atoms with van der Waals surface area (Å²) in [5.74, 6) is 0.473. The maximum atomic E-state index is 13.0. The number of oxime groups is 1. The number of para-hydroxylation sites is 1. The van der Waals surface area contributed by atoms with Crippen LogP contribution in [0.15, 0.2) is 65.9 Å². The molecule has 2 heterocycles. The lowest BCUT2D eigenvalue weighted by Gasteiger charge is -2.08. The van der Waals surface area contributed by atoms with Gasteiger partial charge in [0, 0.05) is 24.2 Å². The number of halogens is 1. The number of amides is 1. The second-order valence-corrected chi connectivity index (χ2v) is 6.55. The summed E-state index contributed by atoms with van der Waals surface area (Å²) in [7, 11) is 1.58. The molecule has 0 bridgehead atoms. The molecular formula is C21H19FN4O3. The van der Waals surface area contributed by atoms with Crippen LogP contribution in [0.5, 0.6) is 5.75 Å². The van der Waals surface area contributed by atoms with Crippen LogP contribution in [-0.2, 0) is 16.2 Å². The molecule has 148 valence electrons. The van der Waals surface area contributed by atoms with Crippen molar-refractivity contribution in [2.75, 3.05) is 12.4 Å². The summed E-state index contributed by atoms with van der Waals surface area (Å²) in [4.78, 5) is 17.8. The number of nitrogens with one attached hydrogen (secondary N) is 1. The van der Waals surface area contributed by atoms with Crippen LogP contribution < -0.4 is 10.1 Å². The highest BCUT2D eigenvalue weighted by Crippen LogP contribution is 2.25. The van der Waals surface area contributed by atoms with Crippen molar-refractivity contribution in [2.24, 2.45) is 5.16 Å². The maximum absolute atomic E-state index is 13.0. The minimum atomic E-state index is -0.739. The number of anilines is 1. The van der Waals surface area contributed by atoms with Crippen LogP contribution in [-0.4, -0.2) is 34.6 Å². The molecule has 29 heavy (non-hydrogen) atoms. The first-order valence-electron chi connectivity index (χ1n) is 9.07. The van der Waals surface area contributed by atoms with Gasteiger partial charge in [0.15, 0.2) is 5.82 Å². The number of methoxy groups -OCH3 is 1. The predicted octanol–water partition coefficient (Wildman–Crippen LogP) is 3.21. The highest BCUT2D eigenvalue weighted by Gasteiger charge is 2.30. The molecule has 0 saturated heterocycles. The summed E-state index contributed by atoms with van der Waals surface area (Å²) < 4.78 is 20.0. The zero-order valence-electron chi connectivity index (χ0n) is 15.7. The number of nitrogens with zero attached hydrogens (tertiary/aromatic N) is 3. The fourth-order valence-corrected chi connectivity index (χ4v) is 3.06. The van der Waals surface area contributed by atoms with E-state index in [0.717, 1.165) is 11.1 Å². The van der Waals surface area contributed by atoms with Gasteiger partial charge in [-0.25, -0.2) is 4.39 Å². The van der Waals surface area contributed by atoms with Crippen LogP contribution >= 0.6 is 0 Å². The fourth-order valence-electron chi connectivity index (χ4n) is 3.06. The summed E-state index contributed by atoms with van der Waals surface area (Å²) in [5, 5.41) is 11.1. The Morgan fingerprint density at radius 3 is 2.83 bits per heavy atom. The van der Waals surface area contributed by atoms with Crippen molar-refractivity contribution in [3.63, 3.8) is 0 Å². The molecule has 1 aliphatic heterocycles. The third-order valence-electron chi connectivity index (χ3n) is 4.53. The molecule has 8 heteroatoms. The molecule has 1 amide bonds. The van der Waals surface area contributed by atoms with Crippen LogP contribution in [0, 0.1) is 5.82 Å². The van der Waals surface area contributed by atoms with E-state index < -0.39 is 6.10 Å². The molecule has 0 fully saturated rings. The van der Waals surface area contributed by atoms with Crippen molar-refractivity contribution >= 4 is 17.4 Å². The SMILES string of the molecule is COc1ccccc1C1=NOC(C(=O)Nc2ccn(Cc3ccc(F)cc3)n2)C1. The van der Waals surface area contributed by atoms with Crippen molar-refractivity contribution in [2.45, 2.75) is 19.1 Å². The third kappa shape index (κ3) is 4.26. The Kier molecular flexibility index (Phi) is 5.24. The van der Waals surface area contributed by atoms with E-state index >= 15 is 0 Å². The Labute approximate surface area is 166 Å². The van der Waals surface area contributed by atoms with Crippen molar-refractivity contribution in [3.05, 3.63) is 77.7 Å². The first kappa shape index (κ1) is 18.7. The van der Waals surface area contributed by atoms with Crippen LogP contribution in [0.25, 0.3) is 0 Å². The number of carbonyl (C=O) groups excluding carboxylic acids is 1. The topological polar surface area (TPSA) is 77.7 Å². The second kappa shape index (κ2) is 8.14. The van der Waals surface area contributed by atoms with E-state index in [4.69, 9.17) is 9.57 Å². The van der Waals surface area contributed by atoms with Gasteiger partial charge in [0.25, 0.3) is 5.91 Å². The van der Waals surface area contributed by atoms with Gasteiger partial charge in [-0.1, -0.05) is 29.4 Å². The number of benzene rings is 2. The van der Waals surface area contributed by atoms with Crippen LogP contribution in [0.4, 0.5) is 10.2 Å². The first-order chi connectivity index (χ1) is 14.1. The summed E-state index contributed by atoms with van der Waals surface area (Å²) in [6, 6.07) is 15.3. The zero-order chi connectivity index (χ0) is 20.2. The van der Waals surface area contributed by atoms with Gasteiger partial charge in [-0.2, -0.15) is 5.10 Å². The van der Waals surface area contributed by atoms with Crippen molar-refractivity contribution < 1.29 is 18.8 Å². The Morgan fingerprint density at radius 2 is 2.03 bits per heavy atom. The minimum Gasteiger partial charge on any atom is -0.496 e. The Hall–Kier alpha value is -3.68. The highest BCUT2D eigenvalue weighted by atomic mass is 19.1. The van der Waals surface area contributed by atoms with Crippen molar-refractivity contribution in [1.82, 2.24) is 9.78 Å². The van der Waals surface area contributed by atoms with Crippen LogP contribution in [0.1, 0.15) is 17.5 Å². The van der Waals surface area contributed by atoms with E-state index in [1.165, 1.54) is 12.1 Å². The molecule has 1 aromatic heterocycles. The van der Waals surface area contributed by atoms with Crippen molar-refractivity contribution in [3.8, 4) is 5.75 Å². The first-order valence-corrected chi connectivity index (χ1v) is 9.07. The summed E-state index contributed by atoms with van der Waals surface area (Å²) in [6.45, 7) is 0.469. The number of hydrogen-bond acceptors (Lipinski definition) is 5. The monoisotopic (exact) mass is 394 g/mol. The number of carbonyl (C=O) groups is 1. The minimum absolute atomic E-state index is 0.284. The van der Waals surface area contributed by atoms with E-state index in [2.05, 4.69) is 15.6 Å². The molecule has 4 rings (SSSR count). The molecule has 1 atom stereocenters. The van der Waals surface area contributed by atoms with E-state index in [1.54, 1.807) is 36.2 Å². The molecule has 0 saturated carbocycles. The van der Waals surface area contributed by atoms with Gasteiger partial charge in [-0.15, -0.1) is 0 Å². The highest BCUT2D eigenvalue weighted by molar-refractivity contribution is 6.07. The molecule has 7 nitrogen and oxygen atoms in total. The Morgan fingerprint density at radius 1 is 1.24 bits per heavy atom. The number of ether oxygens (including phenoxy) is 1. The summed E-state index contributed by atoms with van der Waals surface area (Å²) >= 11 is 0. The lowest BCUT2D eigenvalue weighted by molar-refractivity contribution is -0.125. The lowest BCUT2D eigenvalue weighted by Crippen LogP contribution is -2.28. The van der Waals surface area contributed by atoms with E-state index in [1.807, 2.05) is 24.3 Å². The Balaban J connectivity index is 1.36. The lowest BCUT2D eigenvalue weighted by atomic mass is 10.0. The van der Waals surface area contributed by atoms with Gasteiger partial charge in [0.1, 0.15) is 11.6 Å². The smallest absolute Gasteiger partial charge is 0.269 e. The van der Waals surface area contributed by atoms with Gasteiger partial charge in [0.2, 0.25) is 6.10 Å². The van der Waals surface area contributed by atoms with Gasteiger partial charge in [-0.05, 0) is 29.8 Å². The van der Waals surface area contributed by atoms with E-state index in [9.17, 15) is 9.18 Å². The standard InChI is InChI=1S/C21H19FN4O3/c1-28-18-5-3-2-4-16(18)17-12-19(29-25-17)21(27)23-20-10-11-26(24-20)13-14-6-8-15(22)9-7-14/h2-11,19H,12-13H2,1H3,(H,23,24,27). The number of hydrogen-bond donors (Lipinski definition) is 1. The predicted molar refractivity (Wildman–Crippen MR) is 105 cm³/mol. The Bertz CT molecular complexity index is 1050. The second-order valence-electron chi connectivity index (χ2n) is 6.55. The van der Waals surface area contributed by atoms with Gasteiger partial charge in [-0.3, -0.25) is 9.48 Å². The summed E-state index contributed by atoms with van der Waals surface area (Å²) in [5.41, 5.74) is 2.36. The molecule has 1 unspecified atom stereocenters. The molecule has 0 radical (unpaired) electrons. The third-order valence-corrected chi connectivity index (χ3v) is 4.53. The molecule has 1 aliphatic rings. The average Bonchev–Trinajstić information content (AvgIpc) is 3.39. The number of aromatic nitrogens is 2.